The first kappa shape index (κ1) is 20.1. The molecule has 1 aliphatic heterocycles. The minimum atomic E-state index is -0.898. The molecule has 1 aliphatic rings. The van der Waals surface area contributed by atoms with Crippen molar-refractivity contribution in [1.29, 1.82) is 0 Å². The van der Waals surface area contributed by atoms with Crippen LogP contribution in [0.25, 0.3) is 6.08 Å². The number of para-hydroxylation sites is 1. The van der Waals surface area contributed by atoms with Gasteiger partial charge in [0.1, 0.15) is 5.75 Å². The molecular weight excluding hydrogens is 394 g/mol. The van der Waals surface area contributed by atoms with Gasteiger partial charge in [0.15, 0.2) is 4.32 Å². The molecule has 0 aromatic heterocycles. The van der Waals surface area contributed by atoms with Gasteiger partial charge in [0.2, 0.25) is 0 Å². The number of nitrogens with zero attached hydrogens (tertiary/aromatic N) is 1. The number of aliphatic carboxylic acids is 1. The van der Waals surface area contributed by atoms with E-state index in [2.05, 4.69) is 0 Å². The molecule has 1 N–H and O–H groups in total. The van der Waals surface area contributed by atoms with Crippen LogP contribution in [0.4, 0.5) is 5.69 Å². The second-order valence-electron chi connectivity index (χ2n) is 6.14. The lowest BCUT2D eigenvalue weighted by Gasteiger charge is -2.14. The molecular formula is C21H19NO4S2. The molecule has 1 fully saturated rings. The second kappa shape index (κ2) is 9.03. The van der Waals surface area contributed by atoms with Gasteiger partial charge in [-0.05, 0) is 36.3 Å². The van der Waals surface area contributed by atoms with Gasteiger partial charge < -0.3 is 9.84 Å². The molecule has 0 saturated carbocycles. The molecule has 0 bridgehead atoms. The highest BCUT2D eigenvalue weighted by Gasteiger charge is 2.33. The van der Waals surface area contributed by atoms with Crippen molar-refractivity contribution in [1.82, 2.24) is 0 Å². The van der Waals surface area contributed by atoms with Crippen molar-refractivity contribution in [3.63, 3.8) is 0 Å². The maximum Gasteiger partial charge on any atom is 0.307 e. The molecule has 2 aromatic rings. The lowest BCUT2D eigenvalue weighted by Crippen LogP contribution is -2.27. The summed E-state index contributed by atoms with van der Waals surface area (Å²) in [6.07, 6.45) is 2.63. The predicted molar refractivity (Wildman–Crippen MR) is 116 cm³/mol. The van der Waals surface area contributed by atoms with Crippen molar-refractivity contribution in [2.75, 3.05) is 11.5 Å². The highest BCUT2D eigenvalue weighted by molar-refractivity contribution is 8.27. The number of hydrogen-bond acceptors (Lipinski definition) is 5. The van der Waals surface area contributed by atoms with Crippen LogP contribution in [0, 0.1) is 0 Å². The minimum absolute atomic E-state index is 0.0624. The van der Waals surface area contributed by atoms with Crippen LogP contribution >= 0.6 is 24.0 Å². The molecule has 7 heteroatoms. The number of thiocarbonyl (C=S) groups is 1. The van der Waals surface area contributed by atoms with Crippen molar-refractivity contribution in [3.8, 4) is 5.75 Å². The average Bonchev–Trinajstić information content (AvgIpc) is 2.95. The van der Waals surface area contributed by atoms with Gasteiger partial charge in [-0.1, -0.05) is 61.2 Å². The first-order valence-corrected chi connectivity index (χ1v) is 10.0. The number of carboxylic acid groups (broad SMARTS) is 1. The Labute approximate surface area is 173 Å². The number of carbonyl (C=O) groups excluding carboxylic acids is 1. The summed E-state index contributed by atoms with van der Waals surface area (Å²) in [6.45, 7) is 2.64. The highest BCUT2D eigenvalue weighted by atomic mass is 32.2. The summed E-state index contributed by atoms with van der Waals surface area (Å²) < 4.78 is 6.19. The fourth-order valence-corrected chi connectivity index (χ4v) is 4.00. The van der Waals surface area contributed by atoms with Crippen LogP contribution in [-0.2, 0) is 16.0 Å². The number of benzene rings is 2. The van der Waals surface area contributed by atoms with Gasteiger partial charge in [0, 0.05) is 5.56 Å². The third-order valence-electron chi connectivity index (χ3n) is 4.01. The Morgan fingerprint density at radius 2 is 1.93 bits per heavy atom. The van der Waals surface area contributed by atoms with Crippen molar-refractivity contribution < 1.29 is 19.4 Å². The topological polar surface area (TPSA) is 66.8 Å². The monoisotopic (exact) mass is 413 g/mol. The van der Waals surface area contributed by atoms with Crippen LogP contribution in [0.1, 0.15) is 24.5 Å². The minimum Gasteiger partial charge on any atom is -0.493 e. The van der Waals surface area contributed by atoms with Crippen LogP contribution in [0.5, 0.6) is 5.75 Å². The quantitative estimate of drug-likeness (QED) is 0.532. The Morgan fingerprint density at radius 3 is 2.61 bits per heavy atom. The molecule has 0 spiro atoms. The third kappa shape index (κ3) is 4.61. The summed E-state index contributed by atoms with van der Waals surface area (Å²) in [5.74, 6) is -0.371. The molecule has 2 aromatic carbocycles. The number of anilines is 1. The third-order valence-corrected chi connectivity index (χ3v) is 5.31. The number of hydrogen-bond donors (Lipinski definition) is 1. The zero-order valence-corrected chi connectivity index (χ0v) is 16.9. The van der Waals surface area contributed by atoms with E-state index >= 15 is 0 Å². The Bertz CT molecular complexity index is 938. The fourth-order valence-electron chi connectivity index (χ4n) is 2.71. The molecule has 3 rings (SSSR count). The molecule has 1 amide bonds. The van der Waals surface area contributed by atoms with E-state index in [0.717, 1.165) is 17.7 Å². The SMILES string of the molecule is CCCOc1ccccc1/C=C1\SC(=S)N(c2ccc(CC(=O)O)cc2)C1=O. The van der Waals surface area contributed by atoms with Crippen LogP contribution in [0.15, 0.2) is 53.4 Å². The van der Waals surface area contributed by atoms with Gasteiger partial charge in [-0.15, -0.1) is 0 Å². The maximum atomic E-state index is 12.9. The number of amides is 1. The summed E-state index contributed by atoms with van der Waals surface area (Å²) in [5.41, 5.74) is 2.11. The zero-order chi connectivity index (χ0) is 20.1. The van der Waals surface area contributed by atoms with Crippen molar-refractivity contribution in [3.05, 3.63) is 64.6 Å². The largest absolute Gasteiger partial charge is 0.493 e. The Morgan fingerprint density at radius 1 is 1.21 bits per heavy atom. The molecule has 0 aliphatic carbocycles. The van der Waals surface area contributed by atoms with E-state index in [1.165, 1.54) is 16.7 Å². The number of carbonyl (C=O) groups is 2. The van der Waals surface area contributed by atoms with Crippen molar-refractivity contribution in [2.24, 2.45) is 0 Å². The van der Waals surface area contributed by atoms with E-state index in [1.807, 2.05) is 31.2 Å². The summed E-state index contributed by atoms with van der Waals surface area (Å²) in [6, 6.07) is 14.4. The predicted octanol–water partition coefficient (Wildman–Crippen LogP) is 4.51. The van der Waals surface area contributed by atoms with E-state index in [4.69, 9.17) is 22.1 Å². The van der Waals surface area contributed by atoms with Gasteiger partial charge in [0.05, 0.1) is 23.6 Å². The Balaban J connectivity index is 1.84. The summed E-state index contributed by atoms with van der Waals surface area (Å²) >= 11 is 6.64. The molecule has 144 valence electrons. The maximum absolute atomic E-state index is 12.9. The van der Waals surface area contributed by atoms with E-state index in [0.29, 0.717) is 27.1 Å². The van der Waals surface area contributed by atoms with E-state index in [1.54, 1.807) is 30.3 Å². The summed E-state index contributed by atoms with van der Waals surface area (Å²) in [7, 11) is 0. The molecule has 5 nitrogen and oxygen atoms in total. The second-order valence-corrected chi connectivity index (χ2v) is 7.82. The van der Waals surface area contributed by atoms with Gasteiger partial charge in [-0.2, -0.15) is 0 Å². The molecule has 28 heavy (non-hydrogen) atoms. The normalized spacial score (nSPS) is 15.3. The van der Waals surface area contributed by atoms with Crippen molar-refractivity contribution in [2.45, 2.75) is 19.8 Å². The molecule has 0 unspecified atom stereocenters. The summed E-state index contributed by atoms with van der Waals surface area (Å²) in [4.78, 5) is 25.7. The van der Waals surface area contributed by atoms with Gasteiger partial charge in [-0.25, -0.2) is 0 Å². The first-order valence-electron chi connectivity index (χ1n) is 8.80. The Hall–Kier alpha value is -2.64. The highest BCUT2D eigenvalue weighted by Crippen LogP contribution is 2.37. The van der Waals surface area contributed by atoms with Gasteiger partial charge >= 0.3 is 5.97 Å². The van der Waals surface area contributed by atoms with Crippen LogP contribution < -0.4 is 9.64 Å². The summed E-state index contributed by atoms with van der Waals surface area (Å²) in [5, 5.41) is 8.88. The zero-order valence-electron chi connectivity index (χ0n) is 15.3. The van der Waals surface area contributed by atoms with Crippen LogP contribution in [0.2, 0.25) is 0 Å². The standard InChI is InChI=1S/C21H19NO4S2/c1-2-11-26-17-6-4-3-5-15(17)13-18-20(25)22(21(27)28-18)16-9-7-14(8-10-16)12-19(23)24/h3-10,13H,2,11-12H2,1H3,(H,23,24)/b18-13-. The fraction of sp³-hybridized carbons (Fsp3) is 0.190. The number of thioether (sulfide) groups is 1. The molecule has 0 atom stereocenters. The van der Waals surface area contributed by atoms with E-state index in [-0.39, 0.29) is 12.3 Å². The van der Waals surface area contributed by atoms with Gasteiger partial charge in [-0.3, -0.25) is 14.5 Å². The van der Waals surface area contributed by atoms with Gasteiger partial charge in [0.25, 0.3) is 5.91 Å². The lowest BCUT2D eigenvalue weighted by molar-refractivity contribution is -0.136. The smallest absolute Gasteiger partial charge is 0.307 e. The van der Waals surface area contributed by atoms with Crippen LogP contribution in [0.3, 0.4) is 0 Å². The van der Waals surface area contributed by atoms with Crippen LogP contribution in [-0.4, -0.2) is 27.9 Å². The molecule has 1 saturated heterocycles. The van der Waals surface area contributed by atoms with Crippen molar-refractivity contribution >= 4 is 51.9 Å². The average molecular weight is 414 g/mol. The number of ether oxygens (including phenoxy) is 1. The molecule has 1 heterocycles. The molecule has 0 radical (unpaired) electrons. The van der Waals surface area contributed by atoms with E-state index < -0.39 is 5.97 Å². The first-order chi connectivity index (χ1) is 13.5. The number of rotatable bonds is 7. The number of carboxylic acids is 1. The Kier molecular flexibility index (Phi) is 6.49. The lowest BCUT2D eigenvalue weighted by atomic mass is 10.1. The van der Waals surface area contributed by atoms with E-state index in [9.17, 15) is 9.59 Å².